The van der Waals surface area contributed by atoms with Crippen molar-refractivity contribution in [1.82, 2.24) is 30.0 Å². The van der Waals surface area contributed by atoms with Gasteiger partial charge in [0.1, 0.15) is 5.75 Å². The number of carbonyl (C=O) groups excluding carboxylic acids is 4. The smallest absolute Gasteiger partial charge is 0.414 e. The molecule has 4 amide bonds. The third kappa shape index (κ3) is 29.6. The molecule has 2 aliphatic rings. The number of hydrogen-bond acceptors (Lipinski definition) is 19. The number of rotatable bonds is 30. The van der Waals surface area contributed by atoms with E-state index in [1.807, 2.05) is 48.5 Å². The number of benzene rings is 3. The predicted octanol–water partition coefficient (Wildman–Crippen LogP) is 6.69. The van der Waals surface area contributed by atoms with E-state index in [9.17, 15) is 19.2 Å². The average Bonchev–Trinajstić information content (AvgIpc) is 1.69. The quantitative estimate of drug-likeness (QED) is 0.0168. The van der Waals surface area contributed by atoms with E-state index in [0.717, 1.165) is 89.1 Å². The third-order valence-electron chi connectivity index (χ3n) is 14.5. The van der Waals surface area contributed by atoms with Crippen molar-refractivity contribution in [3.05, 3.63) is 126 Å². The summed E-state index contributed by atoms with van der Waals surface area (Å²) in [6, 6.07) is 29.4. The monoisotopic (exact) mass is 1350 g/mol. The largest absolute Gasteiger partial charge is 0.496 e. The molecule has 7 rings (SSSR count). The number of pyridine rings is 2. The van der Waals surface area contributed by atoms with Gasteiger partial charge in [0, 0.05) is 24.5 Å². The number of methoxy groups -OCH3 is 1. The number of para-hydroxylation sites is 3. The van der Waals surface area contributed by atoms with Gasteiger partial charge >= 0.3 is 47.8 Å². The summed E-state index contributed by atoms with van der Waals surface area (Å²) in [7, 11) is 6.15. The van der Waals surface area contributed by atoms with Crippen molar-refractivity contribution in [1.29, 1.82) is 0 Å². The number of aliphatic carboxylic acids is 8. The van der Waals surface area contributed by atoms with Gasteiger partial charge in [0.25, 0.3) is 11.8 Å². The van der Waals surface area contributed by atoms with Crippen molar-refractivity contribution in [2.75, 3.05) is 94.0 Å². The highest BCUT2D eigenvalue weighted by Crippen LogP contribution is 2.38. The average molecular weight is 1350 g/mol. The van der Waals surface area contributed by atoms with Crippen LogP contribution in [0.25, 0.3) is 0 Å². The van der Waals surface area contributed by atoms with Crippen LogP contribution < -0.4 is 30.5 Å². The van der Waals surface area contributed by atoms with Crippen LogP contribution >= 0.6 is 0 Å². The fraction of sp³-hybridized carbons (Fsp3) is 0.394. The van der Waals surface area contributed by atoms with Crippen molar-refractivity contribution in [2.24, 2.45) is 0 Å². The number of carboxylic acids is 8. The number of amides is 4. The zero-order chi connectivity index (χ0) is 71.8. The van der Waals surface area contributed by atoms with Crippen LogP contribution in [0.4, 0.5) is 34.4 Å². The Hall–Kier alpha value is -10.8. The normalized spacial score (nSPS) is 11.6. The Morgan fingerprint density at radius 3 is 1.20 bits per heavy atom. The molecular weight excluding hydrogens is 1270 g/mol. The van der Waals surface area contributed by atoms with Gasteiger partial charge in [0.05, 0.1) is 54.1 Å². The molecule has 0 spiro atoms. The van der Waals surface area contributed by atoms with E-state index in [1.54, 1.807) is 77.8 Å². The lowest BCUT2D eigenvalue weighted by molar-refractivity contribution is -0.159. The van der Waals surface area contributed by atoms with Crippen LogP contribution in [-0.2, 0) is 54.5 Å². The van der Waals surface area contributed by atoms with Gasteiger partial charge in [-0.1, -0.05) is 93.8 Å². The van der Waals surface area contributed by atoms with Crippen molar-refractivity contribution >= 4 is 106 Å². The summed E-state index contributed by atoms with van der Waals surface area (Å²) < 4.78 is 5.69. The molecule has 97 heavy (non-hydrogen) atoms. The summed E-state index contributed by atoms with van der Waals surface area (Å²) in [5.74, 6) is -13.8. The molecule has 4 heterocycles. The van der Waals surface area contributed by atoms with Gasteiger partial charge in [-0.25, -0.2) is 48.3 Å². The molecular formula is C66H84N10O21. The fourth-order valence-corrected chi connectivity index (χ4v) is 9.75. The molecule has 2 aliphatic heterocycles. The molecule has 0 saturated heterocycles. The Morgan fingerprint density at radius 2 is 0.794 bits per heavy atom. The highest BCUT2D eigenvalue weighted by atomic mass is 16.5. The number of unbranched alkanes of at least 4 members (excludes halogenated alkanes) is 11. The Labute approximate surface area is 559 Å². The van der Waals surface area contributed by atoms with E-state index in [0.29, 0.717) is 52.1 Å². The maximum Gasteiger partial charge on any atom is 0.414 e. The first-order valence-electron chi connectivity index (χ1n) is 30.9. The molecule has 0 unspecified atom stereocenters. The molecule has 0 radical (unpaired) electrons. The van der Waals surface area contributed by atoms with E-state index in [4.69, 9.17) is 83.9 Å². The van der Waals surface area contributed by atoms with Gasteiger partial charge < -0.3 is 71.3 Å². The lowest BCUT2D eigenvalue weighted by atomic mass is 10.1. The number of hydrogen-bond donors (Lipinski definition) is 11. The number of nitrogens with one attached hydrogen (secondary N) is 3. The molecule has 0 fully saturated rings. The minimum Gasteiger partial charge on any atom is -0.496 e. The number of anilines is 6. The van der Waals surface area contributed by atoms with Crippen molar-refractivity contribution in [3.63, 3.8) is 0 Å². The zero-order valence-corrected chi connectivity index (χ0v) is 54.2. The molecule has 31 nitrogen and oxygen atoms in total. The number of carbonyl (C=O) groups is 12. The first-order chi connectivity index (χ1) is 46.3. The van der Waals surface area contributed by atoms with E-state index >= 15 is 0 Å². The lowest BCUT2D eigenvalue weighted by Gasteiger charge is -2.28. The highest BCUT2D eigenvalue weighted by Gasteiger charge is 2.32. The summed E-state index contributed by atoms with van der Waals surface area (Å²) in [4.78, 5) is 146. The standard InChI is InChI=1S/C58H76N10O5.4C2H2O4/c1-64(39-21-9-6-18-34-59-42-53(69)67-50-31-15-13-27-46(50)57(71)62-48-29-24-35-60-55(48)67)37-19-7-4-5-8-20-38-65(2)40-22-10-11-23-41-66(43-45-26-12-17-33-52(45)73-3)44-54(70)68-51-32-16-14-28-47(51)58(72)63-49-30-25-36-61-56(49)68;4*3-1(4)2(5)6/h12-17,24-33,35-36,59H,4-11,18-23,34,37-44H2,1-3H3,(H,62,71)(H,63,72);4*(H,3,4)(H,5,6). The predicted molar refractivity (Wildman–Crippen MR) is 353 cm³/mol. The van der Waals surface area contributed by atoms with Crippen LogP contribution in [-0.4, -0.2) is 210 Å². The summed E-state index contributed by atoms with van der Waals surface area (Å²) in [6.45, 7) is 6.87. The Morgan fingerprint density at radius 1 is 0.443 bits per heavy atom. The number of nitrogens with zero attached hydrogens (tertiary/aromatic N) is 7. The topological polar surface area (TPSA) is 454 Å². The fourth-order valence-electron chi connectivity index (χ4n) is 9.75. The van der Waals surface area contributed by atoms with Crippen LogP contribution in [0.15, 0.2) is 109 Å². The molecule has 2 aromatic heterocycles. The summed E-state index contributed by atoms with van der Waals surface area (Å²) in [5, 5.41) is 68.3. The number of carboxylic acid groups (broad SMARTS) is 8. The maximum absolute atomic E-state index is 14.4. The molecule has 0 aliphatic carbocycles. The van der Waals surface area contributed by atoms with Gasteiger partial charge in [-0.15, -0.1) is 0 Å². The molecule has 0 bridgehead atoms. The van der Waals surface area contributed by atoms with Crippen LogP contribution in [0.1, 0.15) is 116 Å². The van der Waals surface area contributed by atoms with Gasteiger partial charge in [0.15, 0.2) is 11.6 Å². The second-order valence-corrected chi connectivity index (χ2v) is 21.8. The second kappa shape index (κ2) is 44.0. The SMILES string of the molecule is COc1ccccc1CN(CCCCCCN(C)CCCCCCCCN(C)CCCCCCNCC(=O)N1c2ccccc2C(=O)Nc2cccnc21)CC(=O)N1c2ccccc2C(=O)Nc2cccnc21.O=C(O)C(=O)O.O=C(O)C(=O)O.O=C(O)C(=O)O.O=C(O)C(=O)O. The zero-order valence-electron chi connectivity index (χ0n) is 54.2. The lowest BCUT2D eigenvalue weighted by Crippen LogP contribution is -2.39. The molecule has 3 aromatic carbocycles. The highest BCUT2D eigenvalue weighted by molar-refractivity contribution is 6.28. The Kier molecular flexibility index (Phi) is 36.5. The molecule has 524 valence electrons. The minimum absolute atomic E-state index is 0.148. The van der Waals surface area contributed by atoms with E-state index < -0.39 is 47.8 Å². The maximum atomic E-state index is 14.4. The second-order valence-electron chi connectivity index (χ2n) is 21.8. The molecule has 0 atom stereocenters. The molecule has 11 N–H and O–H groups in total. The van der Waals surface area contributed by atoms with E-state index in [1.165, 1.54) is 51.4 Å². The minimum atomic E-state index is -1.82. The van der Waals surface area contributed by atoms with Crippen molar-refractivity contribution in [3.8, 4) is 5.75 Å². The van der Waals surface area contributed by atoms with Crippen LogP contribution in [0.3, 0.4) is 0 Å². The first kappa shape index (κ1) is 80.5. The molecule has 31 heteroatoms. The summed E-state index contributed by atoms with van der Waals surface area (Å²) in [5.41, 5.74) is 4.00. The van der Waals surface area contributed by atoms with Gasteiger partial charge in [-0.05, 0) is 146 Å². The Bertz CT molecular complexity index is 3320. The summed E-state index contributed by atoms with van der Waals surface area (Å²) >= 11 is 0. The van der Waals surface area contributed by atoms with Gasteiger partial charge in [0.2, 0.25) is 11.8 Å². The molecule has 5 aromatic rings. The Balaban J connectivity index is 0.000000869. The van der Waals surface area contributed by atoms with E-state index in [2.05, 4.69) is 54.7 Å². The van der Waals surface area contributed by atoms with Gasteiger partial charge in [-0.3, -0.25) is 33.9 Å². The van der Waals surface area contributed by atoms with Crippen molar-refractivity contribution < 1.29 is 103 Å². The van der Waals surface area contributed by atoms with Crippen LogP contribution in [0, 0.1) is 0 Å². The van der Waals surface area contributed by atoms with Gasteiger partial charge in [-0.2, -0.15) is 0 Å². The number of fused-ring (bicyclic) bond motifs is 4. The van der Waals surface area contributed by atoms with Crippen molar-refractivity contribution in [2.45, 2.75) is 96.4 Å². The number of ether oxygens (including phenoxy) is 1. The summed E-state index contributed by atoms with van der Waals surface area (Å²) in [6.07, 6.45) is 19.7. The number of aromatic nitrogens is 2. The van der Waals surface area contributed by atoms with Crippen LogP contribution in [0.5, 0.6) is 5.75 Å². The third-order valence-corrected chi connectivity index (χ3v) is 14.5. The first-order valence-corrected chi connectivity index (χ1v) is 30.9. The molecule has 0 saturated carbocycles. The van der Waals surface area contributed by atoms with E-state index in [-0.39, 0.29) is 36.7 Å². The van der Waals surface area contributed by atoms with Crippen LogP contribution in [0.2, 0.25) is 0 Å².